The van der Waals surface area contributed by atoms with Crippen LogP contribution in [0.5, 0.6) is 5.88 Å². The maximum absolute atomic E-state index is 11.7. The number of carbonyl (C=O) groups excluding carboxylic acids is 1. The Labute approximate surface area is 109 Å². The third kappa shape index (κ3) is 2.16. The number of fused-ring (bicyclic) bond motifs is 1. The molecule has 0 saturated carbocycles. The average molecular weight is 256 g/mol. The molecule has 0 spiro atoms. The molecule has 6 heteroatoms. The maximum Gasteiger partial charge on any atom is 0.233 e. The summed E-state index contributed by atoms with van der Waals surface area (Å²) in [6, 6.07) is 3.45. The molecule has 0 unspecified atom stereocenters. The molecule has 3 rings (SSSR count). The summed E-state index contributed by atoms with van der Waals surface area (Å²) in [7, 11) is 1.53. The number of aromatic nitrogens is 4. The lowest BCUT2D eigenvalue weighted by Gasteiger charge is -2.13. The molecule has 0 bridgehead atoms. The van der Waals surface area contributed by atoms with Gasteiger partial charge in [0.05, 0.1) is 18.4 Å². The van der Waals surface area contributed by atoms with E-state index in [2.05, 4.69) is 20.2 Å². The summed E-state index contributed by atoms with van der Waals surface area (Å²) in [6.07, 6.45) is 3.82. The fraction of sp³-hybridized carbons (Fsp3) is 0.308. The van der Waals surface area contributed by atoms with Crippen molar-refractivity contribution in [2.75, 3.05) is 7.11 Å². The highest BCUT2D eigenvalue weighted by atomic mass is 16.5. The van der Waals surface area contributed by atoms with E-state index in [0.29, 0.717) is 29.4 Å². The summed E-state index contributed by atoms with van der Waals surface area (Å²) in [6.45, 7) is 0. The van der Waals surface area contributed by atoms with Crippen LogP contribution in [0.4, 0.5) is 0 Å². The van der Waals surface area contributed by atoms with Gasteiger partial charge in [-0.2, -0.15) is 0 Å². The predicted molar refractivity (Wildman–Crippen MR) is 66.9 cm³/mol. The molecule has 6 nitrogen and oxygen atoms in total. The third-order valence-electron chi connectivity index (χ3n) is 3.06. The summed E-state index contributed by atoms with van der Waals surface area (Å²) in [4.78, 5) is 20.3. The Balaban J connectivity index is 1.99. The Morgan fingerprint density at radius 2 is 2.11 bits per heavy atom. The van der Waals surface area contributed by atoms with Crippen molar-refractivity contribution in [3.8, 4) is 17.4 Å². The van der Waals surface area contributed by atoms with E-state index in [1.165, 1.54) is 7.11 Å². The van der Waals surface area contributed by atoms with E-state index >= 15 is 0 Å². The monoisotopic (exact) mass is 256 g/mol. The normalized spacial score (nSPS) is 14.1. The van der Waals surface area contributed by atoms with Crippen molar-refractivity contribution in [1.82, 2.24) is 20.2 Å². The molecule has 2 heterocycles. The highest BCUT2D eigenvalue weighted by molar-refractivity contribution is 5.97. The van der Waals surface area contributed by atoms with Gasteiger partial charge in [-0.1, -0.05) is 0 Å². The Hall–Kier alpha value is -2.37. The van der Waals surface area contributed by atoms with Crippen LogP contribution in [-0.4, -0.2) is 33.1 Å². The number of nitrogens with zero attached hydrogens (tertiary/aromatic N) is 4. The molecule has 2 aromatic rings. The summed E-state index contributed by atoms with van der Waals surface area (Å²) in [5.74, 6) is 1.05. The second kappa shape index (κ2) is 4.72. The highest BCUT2D eigenvalue weighted by Gasteiger charge is 2.20. The van der Waals surface area contributed by atoms with Crippen molar-refractivity contribution < 1.29 is 9.53 Å². The first-order valence-electron chi connectivity index (χ1n) is 6.05. The molecule has 0 fully saturated rings. The van der Waals surface area contributed by atoms with Crippen LogP contribution in [0, 0.1) is 0 Å². The molecule has 0 radical (unpaired) electrons. The van der Waals surface area contributed by atoms with Crippen molar-refractivity contribution in [1.29, 1.82) is 0 Å². The number of carbonyl (C=O) groups is 1. The van der Waals surface area contributed by atoms with Gasteiger partial charge in [0.15, 0.2) is 11.6 Å². The van der Waals surface area contributed by atoms with Crippen LogP contribution in [0.2, 0.25) is 0 Å². The molecule has 0 saturated heterocycles. The fourth-order valence-corrected chi connectivity index (χ4v) is 2.06. The Bertz CT molecular complexity index is 625. The van der Waals surface area contributed by atoms with Gasteiger partial charge < -0.3 is 4.74 Å². The van der Waals surface area contributed by atoms with E-state index in [1.54, 1.807) is 18.3 Å². The molecule has 96 valence electrons. The minimum absolute atomic E-state index is 0.119. The van der Waals surface area contributed by atoms with Gasteiger partial charge in [0.25, 0.3) is 0 Å². The molecule has 1 aliphatic carbocycles. The van der Waals surface area contributed by atoms with Gasteiger partial charge in [-0.15, -0.1) is 10.2 Å². The Kier molecular flexibility index (Phi) is 2.91. The molecule has 2 aromatic heterocycles. The van der Waals surface area contributed by atoms with Gasteiger partial charge in [0, 0.05) is 18.7 Å². The Morgan fingerprint density at radius 3 is 2.84 bits per heavy atom. The smallest absolute Gasteiger partial charge is 0.233 e. The largest absolute Gasteiger partial charge is 0.480 e. The Morgan fingerprint density at radius 1 is 1.21 bits per heavy atom. The van der Waals surface area contributed by atoms with Crippen molar-refractivity contribution in [3.05, 3.63) is 29.6 Å². The fourth-order valence-electron chi connectivity index (χ4n) is 2.06. The van der Waals surface area contributed by atoms with Crippen LogP contribution in [0.3, 0.4) is 0 Å². The van der Waals surface area contributed by atoms with Crippen molar-refractivity contribution in [2.45, 2.75) is 19.3 Å². The first-order chi connectivity index (χ1) is 9.28. The molecular formula is C13H12N4O2. The summed E-state index contributed by atoms with van der Waals surface area (Å²) in [5.41, 5.74) is 2.01. The maximum atomic E-state index is 11.7. The second-order valence-electron chi connectivity index (χ2n) is 4.29. The minimum Gasteiger partial charge on any atom is -0.480 e. The SMILES string of the molecule is COc1ccc(-c2ncc3c(n2)CCCC3=O)nn1. The molecule has 19 heavy (non-hydrogen) atoms. The minimum atomic E-state index is 0.119. The molecule has 0 N–H and O–H groups in total. The third-order valence-corrected chi connectivity index (χ3v) is 3.06. The van der Waals surface area contributed by atoms with E-state index < -0.39 is 0 Å². The van der Waals surface area contributed by atoms with E-state index in [9.17, 15) is 4.79 Å². The van der Waals surface area contributed by atoms with Crippen LogP contribution >= 0.6 is 0 Å². The van der Waals surface area contributed by atoms with Gasteiger partial charge in [-0.3, -0.25) is 4.79 Å². The summed E-state index contributed by atoms with van der Waals surface area (Å²) < 4.78 is 4.95. The zero-order valence-corrected chi connectivity index (χ0v) is 10.5. The van der Waals surface area contributed by atoms with Crippen LogP contribution in [0.1, 0.15) is 28.9 Å². The number of ether oxygens (including phenoxy) is 1. The zero-order valence-electron chi connectivity index (χ0n) is 10.5. The topological polar surface area (TPSA) is 77.9 Å². The number of ketones is 1. The average Bonchev–Trinajstić information content (AvgIpc) is 2.47. The number of hydrogen-bond acceptors (Lipinski definition) is 6. The van der Waals surface area contributed by atoms with Crippen LogP contribution in [-0.2, 0) is 6.42 Å². The lowest BCUT2D eigenvalue weighted by Crippen LogP contribution is -2.14. The van der Waals surface area contributed by atoms with Gasteiger partial charge in [0.2, 0.25) is 5.88 Å². The standard InChI is InChI=1S/C13H12N4O2/c1-19-12-6-5-10(16-17-12)13-14-7-8-9(15-13)3-2-4-11(8)18/h5-7H,2-4H2,1H3. The van der Waals surface area contributed by atoms with Crippen LogP contribution < -0.4 is 4.74 Å². The second-order valence-corrected chi connectivity index (χ2v) is 4.29. The molecule has 0 aromatic carbocycles. The van der Waals surface area contributed by atoms with E-state index in [1.807, 2.05) is 0 Å². The van der Waals surface area contributed by atoms with Gasteiger partial charge in [0.1, 0.15) is 5.69 Å². The van der Waals surface area contributed by atoms with Gasteiger partial charge in [-0.05, 0) is 18.9 Å². The molecule has 1 aliphatic rings. The lowest BCUT2D eigenvalue weighted by molar-refractivity contribution is 0.0971. The molecule has 0 aliphatic heterocycles. The lowest BCUT2D eigenvalue weighted by atomic mass is 9.96. The number of methoxy groups -OCH3 is 1. The van der Waals surface area contributed by atoms with Crippen LogP contribution in [0.15, 0.2) is 18.3 Å². The van der Waals surface area contributed by atoms with Gasteiger partial charge >= 0.3 is 0 Å². The summed E-state index contributed by atoms with van der Waals surface area (Å²) in [5, 5.41) is 7.88. The van der Waals surface area contributed by atoms with Crippen molar-refractivity contribution in [3.63, 3.8) is 0 Å². The van der Waals surface area contributed by atoms with E-state index in [4.69, 9.17) is 4.74 Å². The molecule has 0 amide bonds. The summed E-state index contributed by atoms with van der Waals surface area (Å²) >= 11 is 0. The first kappa shape index (κ1) is 11.7. The molecule has 0 atom stereocenters. The van der Waals surface area contributed by atoms with Crippen molar-refractivity contribution >= 4 is 5.78 Å². The number of rotatable bonds is 2. The van der Waals surface area contributed by atoms with Crippen LogP contribution in [0.25, 0.3) is 11.5 Å². The zero-order chi connectivity index (χ0) is 13.2. The van der Waals surface area contributed by atoms with Gasteiger partial charge in [-0.25, -0.2) is 9.97 Å². The van der Waals surface area contributed by atoms with Crippen molar-refractivity contribution in [2.24, 2.45) is 0 Å². The predicted octanol–water partition coefficient (Wildman–Crippen LogP) is 1.46. The quantitative estimate of drug-likeness (QED) is 0.809. The van der Waals surface area contributed by atoms with E-state index in [-0.39, 0.29) is 5.78 Å². The highest BCUT2D eigenvalue weighted by Crippen LogP contribution is 2.21. The molecular weight excluding hydrogens is 244 g/mol. The first-order valence-corrected chi connectivity index (χ1v) is 6.05. The number of hydrogen-bond donors (Lipinski definition) is 0. The van der Waals surface area contributed by atoms with E-state index in [0.717, 1.165) is 18.5 Å². The number of Topliss-reactive ketones (excluding diaryl/α,β-unsaturated/α-hetero) is 1. The number of aryl methyl sites for hydroxylation is 1.